The average molecular weight is 333 g/mol. The molecule has 0 fully saturated rings. The molecule has 2 aromatic carbocycles. The molecule has 1 N–H and O–H groups in total. The third kappa shape index (κ3) is 3.95. The fourth-order valence-electron chi connectivity index (χ4n) is 2.38. The van der Waals surface area contributed by atoms with E-state index in [0.29, 0.717) is 5.69 Å². The van der Waals surface area contributed by atoms with Crippen LogP contribution in [0.25, 0.3) is 0 Å². The maximum Gasteiger partial charge on any atom is 0.276 e. The predicted molar refractivity (Wildman–Crippen MR) is 99.7 cm³/mol. The summed E-state index contributed by atoms with van der Waals surface area (Å²) in [5.41, 5.74) is 2.95. The number of hydrogen-bond donors (Lipinski definition) is 1. The number of pyridine rings is 1. The highest BCUT2D eigenvalue weighted by Gasteiger charge is 2.14. The van der Waals surface area contributed by atoms with Gasteiger partial charge in [0.25, 0.3) is 5.91 Å². The van der Waals surface area contributed by atoms with Crippen LogP contribution in [-0.2, 0) is 0 Å². The molecule has 3 rings (SSSR count). The van der Waals surface area contributed by atoms with Gasteiger partial charge in [-0.25, -0.2) is 4.98 Å². The highest BCUT2D eigenvalue weighted by molar-refractivity contribution is 6.04. The molecule has 0 unspecified atom stereocenters. The van der Waals surface area contributed by atoms with Gasteiger partial charge in [-0.2, -0.15) is 0 Å². The Labute approximate surface area is 146 Å². The van der Waals surface area contributed by atoms with Crippen molar-refractivity contribution in [2.45, 2.75) is 0 Å². The van der Waals surface area contributed by atoms with Crippen molar-refractivity contribution in [2.75, 3.05) is 24.4 Å². The Morgan fingerprint density at radius 1 is 0.960 bits per heavy atom. The molecule has 126 valence electrons. The number of anilines is 3. The van der Waals surface area contributed by atoms with Crippen molar-refractivity contribution in [2.24, 2.45) is 0 Å². The summed E-state index contributed by atoms with van der Waals surface area (Å²) in [4.78, 5) is 18.4. The van der Waals surface area contributed by atoms with Gasteiger partial charge < -0.3 is 15.0 Å². The minimum atomic E-state index is -0.151. The Balaban J connectivity index is 1.70. The number of methoxy groups -OCH3 is 1. The highest BCUT2D eigenvalue weighted by Crippen LogP contribution is 2.20. The molecule has 0 radical (unpaired) electrons. The maximum atomic E-state index is 12.5. The van der Waals surface area contributed by atoms with E-state index in [1.54, 1.807) is 31.3 Å². The topological polar surface area (TPSA) is 54.5 Å². The van der Waals surface area contributed by atoms with Gasteiger partial charge in [-0.15, -0.1) is 0 Å². The number of nitrogens with zero attached hydrogens (tertiary/aromatic N) is 2. The molecule has 3 aromatic rings. The van der Waals surface area contributed by atoms with Gasteiger partial charge in [0.2, 0.25) is 0 Å². The van der Waals surface area contributed by atoms with E-state index < -0.39 is 0 Å². The van der Waals surface area contributed by atoms with E-state index in [2.05, 4.69) is 10.3 Å². The number of carbonyl (C=O) groups excluding carboxylic acids is 1. The second kappa shape index (κ2) is 7.49. The standard InChI is InChI=1S/C20H19N3O2/c1-23(17-6-4-3-5-7-17)20(24)19-13-10-16(14-21-19)22-15-8-11-18(25-2)12-9-15/h3-14,22H,1-2H3. The Kier molecular flexibility index (Phi) is 4.95. The second-order valence-corrected chi connectivity index (χ2v) is 5.49. The molecule has 0 spiro atoms. The Hall–Kier alpha value is -3.34. The van der Waals surface area contributed by atoms with Crippen LogP contribution in [0.2, 0.25) is 0 Å². The zero-order valence-electron chi connectivity index (χ0n) is 14.1. The van der Waals surface area contributed by atoms with Gasteiger partial charge in [0.1, 0.15) is 11.4 Å². The van der Waals surface area contributed by atoms with Crippen LogP contribution >= 0.6 is 0 Å². The van der Waals surface area contributed by atoms with Crippen molar-refractivity contribution in [3.05, 3.63) is 78.6 Å². The number of nitrogens with one attached hydrogen (secondary N) is 1. The molecule has 0 aliphatic carbocycles. The van der Waals surface area contributed by atoms with Crippen molar-refractivity contribution in [1.29, 1.82) is 0 Å². The lowest BCUT2D eigenvalue weighted by molar-refractivity contribution is 0.0988. The number of para-hydroxylation sites is 1. The zero-order chi connectivity index (χ0) is 17.6. The molecule has 0 aliphatic heterocycles. The van der Waals surface area contributed by atoms with Crippen molar-refractivity contribution < 1.29 is 9.53 Å². The van der Waals surface area contributed by atoms with Crippen LogP contribution < -0.4 is 15.0 Å². The molecule has 0 saturated carbocycles. The van der Waals surface area contributed by atoms with Gasteiger partial charge in [0.05, 0.1) is 19.0 Å². The normalized spacial score (nSPS) is 10.2. The van der Waals surface area contributed by atoms with Crippen LogP contribution in [0, 0.1) is 0 Å². The molecular weight excluding hydrogens is 314 g/mol. The number of aromatic nitrogens is 1. The first-order chi connectivity index (χ1) is 12.2. The van der Waals surface area contributed by atoms with Gasteiger partial charge in [-0.05, 0) is 48.5 Å². The molecule has 5 heteroatoms. The Morgan fingerprint density at radius 2 is 1.64 bits per heavy atom. The monoisotopic (exact) mass is 333 g/mol. The summed E-state index contributed by atoms with van der Waals surface area (Å²) in [7, 11) is 3.37. The van der Waals surface area contributed by atoms with Crippen molar-refractivity contribution in [1.82, 2.24) is 4.98 Å². The zero-order valence-corrected chi connectivity index (χ0v) is 14.1. The number of ether oxygens (including phenoxy) is 1. The molecule has 5 nitrogen and oxygen atoms in total. The van der Waals surface area contributed by atoms with Crippen LogP contribution in [0.5, 0.6) is 5.75 Å². The van der Waals surface area contributed by atoms with E-state index in [1.165, 1.54) is 0 Å². The lowest BCUT2D eigenvalue weighted by atomic mass is 10.2. The summed E-state index contributed by atoms with van der Waals surface area (Å²) in [6.07, 6.45) is 1.65. The van der Waals surface area contributed by atoms with Gasteiger partial charge in [-0.1, -0.05) is 18.2 Å². The van der Waals surface area contributed by atoms with E-state index in [9.17, 15) is 4.79 Å². The van der Waals surface area contributed by atoms with Gasteiger partial charge in [-0.3, -0.25) is 4.79 Å². The molecule has 1 amide bonds. The summed E-state index contributed by atoms with van der Waals surface area (Å²) in [6.45, 7) is 0. The second-order valence-electron chi connectivity index (χ2n) is 5.49. The Morgan fingerprint density at radius 3 is 2.24 bits per heavy atom. The summed E-state index contributed by atoms with van der Waals surface area (Å²) in [5.74, 6) is 0.649. The number of benzene rings is 2. The largest absolute Gasteiger partial charge is 0.497 e. The molecule has 1 aromatic heterocycles. The number of hydrogen-bond acceptors (Lipinski definition) is 4. The molecule has 0 bridgehead atoms. The van der Waals surface area contributed by atoms with E-state index in [4.69, 9.17) is 4.74 Å². The minimum absolute atomic E-state index is 0.151. The van der Waals surface area contributed by atoms with Crippen LogP contribution in [-0.4, -0.2) is 25.0 Å². The minimum Gasteiger partial charge on any atom is -0.497 e. The molecule has 0 aliphatic rings. The van der Waals surface area contributed by atoms with Gasteiger partial charge in [0, 0.05) is 18.4 Å². The van der Waals surface area contributed by atoms with Crippen LogP contribution in [0.1, 0.15) is 10.5 Å². The van der Waals surface area contributed by atoms with Crippen molar-refractivity contribution in [3.63, 3.8) is 0 Å². The Bertz CT molecular complexity index is 831. The summed E-state index contributed by atoms with van der Waals surface area (Å²) in [6, 6.07) is 20.6. The first-order valence-corrected chi connectivity index (χ1v) is 7.87. The maximum absolute atomic E-state index is 12.5. The smallest absolute Gasteiger partial charge is 0.276 e. The fourth-order valence-corrected chi connectivity index (χ4v) is 2.38. The van der Waals surface area contributed by atoms with Crippen molar-refractivity contribution in [3.8, 4) is 5.75 Å². The quantitative estimate of drug-likeness (QED) is 0.763. The van der Waals surface area contributed by atoms with E-state index in [0.717, 1.165) is 22.8 Å². The van der Waals surface area contributed by atoms with Gasteiger partial charge >= 0.3 is 0 Å². The number of carbonyl (C=O) groups is 1. The SMILES string of the molecule is COc1ccc(Nc2ccc(C(=O)N(C)c3ccccc3)nc2)cc1. The molecule has 1 heterocycles. The first-order valence-electron chi connectivity index (χ1n) is 7.87. The van der Waals surface area contributed by atoms with Crippen LogP contribution in [0.15, 0.2) is 72.9 Å². The summed E-state index contributed by atoms with van der Waals surface area (Å²) < 4.78 is 5.14. The third-order valence-electron chi connectivity index (χ3n) is 3.81. The lowest BCUT2D eigenvalue weighted by Crippen LogP contribution is -2.26. The number of rotatable bonds is 5. The van der Waals surface area contributed by atoms with Crippen LogP contribution in [0.4, 0.5) is 17.1 Å². The van der Waals surface area contributed by atoms with Gasteiger partial charge in [0.15, 0.2) is 0 Å². The molecule has 0 atom stereocenters. The van der Waals surface area contributed by atoms with Crippen molar-refractivity contribution >= 4 is 23.0 Å². The van der Waals surface area contributed by atoms with E-state index in [-0.39, 0.29) is 5.91 Å². The highest BCUT2D eigenvalue weighted by atomic mass is 16.5. The van der Waals surface area contributed by atoms with E-state index >= 15 is 0 Å². The molecular formula is C20H19N3O2. The first kappa shape index (κ1) is 16.5. The van der Waals surface area contributed by atoms with Crippen LogP contribution in [0.3, 0.4) is 0 Å². The predicted octanol–water partition coefficient (Wildman–Crippen LogP) is 4.11. The number of amides is 1. The summed E-state index contributed by atoms with van der Waals surface area (Å²) in [5, 5.41) is 3.24. The average Bonchev–Trinajstić information content (AvgIpc) is 2.69. The summed E-state index contributed by atoms with van der Waals surface area (Å²) >= 11 is 0. The molecule has 0 saturated heterocycles. The van der Waals surface area contributed by atoms with E-state index in [1.807, 2.05) is 60.7 Å². The lowest BCUT2D eigenvalue weighted by Gasteiger charge is -2.16. The third-order valence-corrected chi connectivity index (χ3v) is 3.81. The molecule has 25 heavy (non-hydrogen) atoms. The fraction of sp³-hybridized carbons (Fsp3) is 0.100.